The molecule has 1 aliphatic rings. The molecule has 1 atom stereocenters. The fourth-order valence-electron chi connectivity index (χ4n) is 1.86. The number of nitriles is 1. The fourth-order valence-corrected chi connectivity index (χ4v) is 1.86. The molecule has 0 radical (unpaired) electrons. The molecule has 4 heteroatoms. The zero-order valence-corrected chi connectivity index (χ0v) is 9.84. The molecule has 1 aromatic carbocycles. The fraction of sp³-hybridized carbons (Fsp3) is 0.308. The minimum atomic E-state index is -0.161. The SMILES string of the molecule is CCC1=NN(c2cccc(C#N)c2)C(=O)C1C. The van der Waals surface area contributed by atoms with Crippen molar-refractivity contribution < 1.29 is 4.79 Å². The molecule has 0 bridgehead atoms. The maximum absolute atomic E-state index is 12.0. The Kier molecular flexibility index (Phi) is 2.92. The van der Waals surface area contributed by atoms with Crippen LogP contribution in [0.3, 0.4) is 0 Å². The summed E-state index contributed by atoms with van der Waals surface area (Å²) in [6.07, 6.45) is 0.765. The number of hydrazone groups is 1. The Hall–Kier alpha value is -2.15. The van der Waals surface area contributed by atoms with Gasteiger partial charge in [-0.25, -0.2) is 5.01 Å². The predicted molar refractivity (Wildman–Crippen MR) is 65.5 cm³/mol. The third-order valence-corrected chi connectivity index (χ3v) is 2.89. The Labute approximate surface area is 100 Å². The Morgan fingerprint density at radius 1 is 1.53 bits per heavy atom. The molecule has 1 unspecified atom stereocenters. The second-order valence-corrected chi connectivity index (χ2v) is 3.98. The number of rotatable bonds is 2. The topological polar surface area (TPSA) is 56.5 Å². The van der Waals surface area contributed by atoms with E-state index in [-0.39, 0.29) is 11.8 Å². The molecule has 0 aliphatic carbocycles. The van der Waals surface area contributed by atoms with Crippen LogP contribution in [0.1, 0.15) is 25.8 Å². The summed E-state index contributed by atoms with van der Waals surface area (Å²) in [5.41, 5.74) is 2.07. The summed E-state index contributed by atoms with van der Waals surface area (Å²) < 4.78 is 0. The van der Waals surface area contributed by atoms with Gasteiger partial charge in [-0.3, -0.25) is 4.79 Å². The van der Waals surface area contributed by atoms with Gasteiger partial charge in [-0.15, -0.1) is 0 Å². The summed E-state index contributed by atoms with van der Waals surface area (Å²) in [6.45, 7) is 3.84. The highest BCUT2D eigenvalue weighted by Crippen LogP contribution is 2.25. The Morgan fingerprint density at radius 2 is 2.29 bits per heavy atom. The number of hydrogen-bond acceptors (Lipinski definition) is 3. The van der Waals surface area contributed by atoms with Crippen molar-refractivity contribution >= 4 is 17.3 Å². The van der Waals surface area contributed by atoms with Crippen LogP contribution in [0.2, 0.25) is 0 Å². The first-order valence-electron chi connectivity index (χ1n) is 5.59. The molecule has 86 valence electrons. The van der Waals surface area contributed by atoms with Crippen LogP contribution in [0.4, 0.5) is 5.69 Å². The highest BCUT2D eigenvalue weighted by Gasteiger charge is 2.31. The van der Waals surface area contributed by atoms with E-state index in [1.807, 2.05) is 13.8 Å². The predicted octanol–water partition coefficient (Wildman–Crippen LogP) is 2.31. The van der Waals surface area contributed by atoms with Gasteiger partial charge in [0.1, 0.15) is 0 Å². The van der Waals surface area contributed by atoms with E-state index in [0.717, 1.165) is 12.1 Å². The van der Waals surface area contributed by atoms with Crippen LogP contribution in [0.25, 0.3) is 0 Å². The molecule has 0 aromatic heterocycles. The normalized spacial score (nSPS) is 19.1. The number of amides is 1. The van der Waals surface area contributed by atoms with Gasteiger partial charge in [0.05, 0.1) is 28.9 Å². The van der Waals surface area contributed by atoms with Gasteiger partial charge >= 0.3 is 0 Å². The Balaban J connectivity index is 2.38. The van der Waals surface area contributed by atoms with Crippen LogP contribution < -0.4 is 5.01 Å². The Morgan fingerprint density at radius 3 is 2.88 bits per heavy atom. The molecular formula is C13H13N3O. The summed E-state index contributed by atoms with van der Waals surface area (Å²) in [4.78, 5) is 12.0. The molecule has 1 heterocycles. The number of carbonyl (C=O) groups is 1. The van der Waals surface area contributed by atoms with Crippen molar-refractivity contribution in [3.63, 3.8) is 0 Å². The molecule has 1 aliphatic heterocycles. The molecule has 0 N–H and O–H groups in total. The van der Waals surface area contributed by atoms with Gasteiger partial charge in [0.2, 0.25) is 0 Å². The van der Waals surface area contributed by atoms with E-state index in [1.165, 1.54) is 5.01 Å². The molecule has 0 fully saturated rings. The molecule has 0 saturated carbocycles. The van der Waals surface area contributed by atoms with Gasteiger partial charge in [0, 0.05) is 0 Å². The minimum Gasteiger partial charge on any atom is -0.272 e. The van der Waals surface area contributed by atoms with Crippen LogP contribution in [-0.4, -0.2) is 11.6 Å². The van der Waals surface area contributed by atoms with Crippen LogP contribution in [-0.2, 0) is 4.79 Å². The van der Waals surface area contributed by atoms with E-state index in [4.69, 9.17) is 5.26 Å². The molecule has 2 rings (SSSR count). The van der Waals surface area contributed by atoms with Gasteiger partial charge in [0.15, 0.2) is 0 Å². The smallest absolute Gasteiger partial charge is 0.255 e. The van der Waals surface area contributed by atoms with Gasteiger partial charge in [-0.2, -0.15) is 10.4 Å². The largest absolute Gasteiger partial charge is 0.272 e. The van der Waals surface area contributed by atoms with E-state index in [0.29, 0.717) is 11.3 Å². The van der Waals surface area contributed by atoms with E-state index >= 15 is 0 Å². The lowest BCUT2D eigenvalue weighted by molar-refractivity contribution is -0.119. The molecule has 0 spiro atoms. The molecule has 1 aromatic rings. The van der Waals surface area contributed by atoms with Crippen molar-refractivity contribution in [2.24, 2.45) is 11.0 Å². The number of hydrogen-bond donors (Lipinski definition) is 0. The maximum atomic E-state index is 12.0. The van der Waals surface area contributed by atoms with Gasteiger partial charge < -0.3 is 0 Å². The molecule has 17 heavy (non-hydrogen) atoms. The lowest BCUT2D eigenvalue weighted by Gasteiger charge is -2.12. The van der Waals surface area contributed by atoms with Crippen molar-refractivity contribution in [3.05, 3.63) is 29.8 Å². The van der Waals surface area contributed by atoms with Crippen molar-refractivity contribution in [1.82, 2.24) is 0 Å². The average Bonchev–Trinajstić information content (AvgIpc) is 2.66. The van der Waals surface area contributed by atoms with Crippen molar-refractivity contribution in [2.75, 3.05) is 5.01 Å². The lowest BCUT2D eigenvalue weighted by Crippen LogP contribution is -2.25. The summed E-state index contributed by atoms with van der Waals surface area (Å²) in [5.74, 6) is -0.192. The molecule has 1 amide bonds. The van der Waals surface area contributed by atoms with E-state index in [9.17, 15) is 4.79 Å². The van der Waals surface area contributed by atoms with Crippen LogP contribution >= 0.6 is 0 Å². The highest BCUT2D eigenvalue weighted by molar-refractivity contribution is 6.15. The monoisotopic (exact) mass is 227 g/mol. The number of nitrogens with zero attached hydrogens (tertiary/aromatic N) is 3. The zero-order valence-electron chi connectivity index (χ0n) is 9.84. The van der Waals surface area contributed by atoms with Gasteiger partial charge in [-0.05, 0) is 31.5 Å². The first-order chi connectivity index (χ1) is 8.17. The van der Waals surface area contributed by atoms with Gasteiger partial charge in [-0.1, -0.05) is 13.0 Å². The zero-order chi connectivity index (χ0) is 12.4. The standard InChI is InChI=1S/C13H13N3O/c1-3-12-9(2)13(17)16(15-12)11-6-4-5-10(7-11)8-14/h4-7,9H,3H2,1-2H3. The highest BCUT2D eigenvalue weighted by atomic mass is 16.2. The first kappa shape index (κ1) is 11.3. The van der Waals surface area contributed by atoms with E-state index in [2.05, 4.69) is 11.2 Å². The second-order valence-electron chi connectivity index (χ2n) is 3.98. The van der Waals surface area contributed by atoms with Crippen LogP contribution in [0.15, 0.2) is 29.4 Å². The lowest BCUT2D eigenvalue weighted by atomic mass is 10.0. The third-order valence-electron chi connectivity index (χ3n) is 2.89. The summed E-state index contributed by atoms with van der Waals surface area (Å²) in [5, 5.41) is 14.5. The summed E-state index contributed by atoms with van der Waals surface area (Å²) in [7, 11) is 0. The number of carbonyl (C=O) groups excluding carboxylic acids is 1. The minimum absolute atomic E-state index is 0.0306. The van der Waals surface area contributed by atoms with Crippen molar-refractivity contribution in [3.8, 4) is 6.07 Å². The summed E-state index contributed by atoms with van der Waals surface area (Å²) in [6, 6.07) is 8.98. The molecule has 0 saturated heterocycles. The van der Waals surface area contributed by atoms with E-state index < -0.39 is 0 Å². The van der Waals surface area contributed by atoms with Crippen LogP contribution in [0.5, 0.6) is 0 Å². The maximum Gasteiger partial charge on any atom is 0.255 e. The summed E-state index contributed by atoms with van der Waals surface area (Å²) >= 11 is 0. The third kappa shape index (κ3) is 1.92. The average molecular weight is 227 g/mol. The quantitative estimate of drug-likeness (QED) is 0.778. The first-order valence-corrected chi connectivity index (χ1v) is 5.59. The molecule has 4 nitrogen and oxygen atoms in total. The molecular weight excluding hydrogens is 214 g/mol. The second kappa shape index (κ2) is 4.38. The number of benzene rings is 1. The number of anilines is 1. The van der Waals surface area contributed by atoms with E-state index in [1.54, 1.807) is 24.3 Å². The Bertz CT molecular complexity index is 528. The van der Waals surface area contributed by atoms with Gasteiger partial charge in [0.25, 0.3) is 5.91 Å². The van der Waals surface area contributed by atoms with Crippen LogP contribution in [0, 0.1) is 17.2 Å². The van der Waals surface area contributed by atoms with Crippen molar-refractivity contribution in [2.45, 2.75) is 20.3 Å². The van der Waals surface area contributed by atoms with Crippen molar-refractivity contribution in [1.29, 1.82) is 5.26 Å².